The van der Waals surface area contributed by atoms with Crippen LogP contribution in [0.1, 0.15) is 32.6 Å². The maximum absolute atomic E-state index is 11.4. The molecule has 5 nitrogen and oxygen atoms in total. The van der Waals surface area contributed by atoms with Crippen LogP contribution in [-0.2, 0) is 9.59 Å². The molecule has 1 aliphatic heterocycles. The molecule has 0 aliphatic carbocycles. The zero-order valence-corrected chi connectivity index (χ0v) is 10.6. The molecule has 1 rings (SSSR count). The van der Waals surface area contributed by atoms with Gasteiger partial charge >= 0.3 is 0 Å². The van der Waals surface area contributed by atoms with Crippen LogP contribution in [0.25, 0.3) is 0 Å². The summed E-state index contributed by atoms with van der Waals surface area (Å²) < 4.78 is 0. The lowest BCUT2D eigenvalue weighted by molar-refractivity contribution is -0.126. The Bertz CT molecular complexity index is 250. The Hall–Kier alpha value is -1.10. The smallest absolute Gasteiger partial charge is 0.239 e. The monoisotopic (exact) mass is 241 g/mol. The summed E-state index contributed by atoms with van der Waals surface area (Å²) in [5.74, 6) is 0.376. The van der Waals surface area contributed by atoms with E-state index in [1.165, 1.54) is 6.42 Å². The lowest BCUT2D eigenvalue weighted by Crippen LogP contribution is -2.42. The predicted octanol–water partition coefficient (Wildman–Crippen LogP) is 0.0185. The minimum Gasteiger partial charge on any atom is -0.354 e. The molecule has 0 aromatic carbocycles. The van der Waals surface area contributed by atoms with Gasteiger partial charge in [-0.05, 0) is 38.3 Å². The molecule has 0 aromatic rings. The molecular formula is C12H23N3O2. The topological polar surface area (TPSA) is 70.2 Å². The van der Waals surface area contributed by atoms with E-state index < -0.39 is 0 Å². The van der Waals surface area contributed by atoms with E-state index in [1.807, 2.05) is 6.92 Å². The Labute approximate surface area is 103 Å². The van der Waals surface area contributed by atoms with E-state index in [2.05, 4.69) is 16.0 Å². The molecule has 1 saturated heterocycles. The van der Waals surface area contributed by atoms with Crippen LogP contribution >= 0.6 is 0 Å². The first-order chi connectivity index (χ1) is 8.22. The largest absolute Gasteiger partial charge is 0.354 e. The van der Waals surface area contributed by atoms with Gasteiger partial charge in [0.2, 0.25) is 11.8 Å². The third-order valence-corrected chi connectivity index (χ3v) is 2.91. The summed E-state index contributed by atoms with van der Waals surface area (Å²) in [6.07, 6.45) is 3.63. The number of piperidine rings is 1. The molecule has 2 amide bonds. The Morgan fingerprint density at radius 1 is 1.29 bits per heavy atom. The first-order valence-corrected chi connectivity index (χ1v) is 6.46. The van der Waals surface area contributed by atoms with Crippen molar-refractivity contribution in [2.45, 2.75) is 32.6 Å². The van der Waals surface area contributed by atoms with Gasteiger partial charge in [0.05, 0.1) is 6.54 Å². The normalized spacial score (nSPS) is 19.7. The van der Waals surface area contributed by atoms with Gasteiger partial charge in [-0.15, -0.1) is 0 Å². The molecule has 1 heterocycles. The number of amides is 2. The highest BCUT2D eigenvalue weighted by molar-refractivity contribution is 5.84. The van der Waals surface area contributed by atoms with Crippen molar-refractivity contribution in [3.8, 4) is 0 Å². The van der Waals surface area contributed by atoms with Crippen LogP contribution in [0, 0.1) is 5.92 Å². The van der Waals surface area contributed by atoms with Crippen LogP contribution < -0.4 is 16.0 Å². The highest BCUT2D eigenvalue weighted by Gasteiger charge is 2.13. The second-order valence-corrected chi connectivity index (χ2v) is 4.54. The van der Waals surface area contributed by atoms with E-state index in [9.17, 15) is 9.59 Å². The first kappa shape index (κ1) is 14.0. The second kappa shape index (κ2) is 8.06. The number of hydrogen-bond acceptors (Lipinski definition) is 3. The van der Waals surface area contributed by atoms with Crippen LogP contribution in [0.15, 0.2) is 0 Å². The van der Waals surface area contributed by atoms with Crippen LogP contribution in [0.5, 0.6) is 0 Å². The van der Waals surface area contributed by atoms with Gasteiger partial charge in [0.25, 0.3) is 0 Å². The van der Waals surface area contributed by atoms with Crippen LogP contribution in [-0.4, -0.2) is 38.0 Å². The highest BCUT2D eigenvalue weighted by Crippen LogP contribution is 2.07. The van der Waals surface area contributed by atoms with Crippen LogP contribution in [0.3, 0.4) is 0 Å². The Kier molecular flexibility index (Phi) is 6.62. The zero-order chi connectivity index (χ0) is 12.5. The van der Waals surface area contributed by atoms with Crippen molar-refractivity contribution in [2.24, 2.45) is 5.92 Å². The molecule has 0 radical (unpaired) electrons. The summed E-state index contributed by atoms with van der Waals surface area (Å²) in [6.45, 7) is 4.80. The number of carbonyl (C=O) groups excluding carboxylic acids is 2. The average molecular weight is 241 g/mol. The summed E-state index contributed by atoms with van der Waals surface area (Å²) in [6, 6.07) is 0. The van der Waals surface area contributed by atoms with E-state index in [-0.39, 0.29) is 18.4 Å². The fourth-order valence-electron chi connectivity index (χ4n) is 1.91. The van der Waals surface area contributed by atoms with Gasteiger partial charge in [-0.3, -0.25) is 9.59 Å². The molecule has 0 spiro atoms. The van der Waals surface area contributed by atoms with Gasteiger partial charge < -0.3 is 16.0 Å². The summed E-state index contributed by atoms with van der Waals surface area (Å²) >= 11 is 0. The fraction of sp³-hybridized carbons (Fsp3) is 0.833. The van der Waals surface area contributed by atoms with E-state index in [1.54, 1.807) is 0 Å². The minimum atomic E-state index is -0.0972. The van der Waals surface area contributed by atoms with Crippen molar-refractivity contribution in [1.82, 2.24) is 16.0 Å². The van der Waals surface area contributed by atoms with Gasteiger partial charge in [-0.2, -0.15) is 0 Å². The molecular weight excluding hydrogens is 218 g/mol. The van der Waals surface area contributed by atoms with Crippen molar-refractivity contribution in [2.75, 3.05) is 26.2 Å². The summed E-state index contributed by atoms with van der Waals surface area (Å²) in [7, 11) is 0. The quantitative estimate of drug-likeness (QED) is 0.614. The molecule has 0 saturated carbocycles. The number of hydrogen-bond donors (Lipinski definition) is 3. The van der Waals surface area contributed by atoms with Crippen LogP contribution in [0.2, 0.25) is 0 Å². The van der Waals surface area contributed by atoms with Crippen molar-refractivity contribution < 1.29 is 9.59 Å². The molecule has 0 aromatic heterocycles. The minimum absolute atomic E-state index is 0.0537. The van der Waals surface area contributed by atoms with Gasteiger partial charge in [0.1, 0.15) is 0 Å². The summed E-state index contributed by atoms with van der Waals surface area (Å²) in [4.78, 5) is 22.6. The maximum atomic E-state index is 11.4. The Morgan fingerprint density at radius 3 is 2.76 bits per heavy atom. The molecule has 1 aliphatic rings. The van der Waals surface area contributed by atoms with Crippen LogP contribution in [0.4, 0.5) is 0 Å². The predicted molar refractivity (Wildman–Crippen MR) is 66.5 cm³/mol. The van der Waals surface area contributed by atoms with E-state index in [0.717, 1.165) is 25.9 Å². The fourth-order valence-corrected chi connectivity index (χ4v) is 1.91. The third kappa shape index (κ3) is 6.26. The summed E-state index contributed by atoms with van der Waals surface area (Å²) in [5, 5.41) is 8.77. The molecule has 1 fully saturated rings. The Morgan fingerprint density at radius 2 is 2.12 bits per heavy atom. The van der Waals surface area contributed by atoms with Crippen molar-refractivity contribution in [1.29, 1.82) is 0 Å². The molecule has 17 heavy (non-hydrogen) atoms. The lowest BCUT2D eigenvalue weighted by atomic mass is 10.00. The zero-order valence-electron chi connectivity index (χ0n) is 10.6. The SMILES string of the molecule is CCCC(=O)NCC(=O)NCC1CCCNC1. The molecule has 0 bridgehead atoms. The molecule has 1 atom stereocenters. The maximum Gasteiger partial charge on any atom is 0.239 e. The summed E-state index contributed by atoms with van der Waals surface area (Å²) in [5.41, 5.74) is 0. The van der Waals surface area contributed by atoms with Crippen molar-refractivity contribution in [3.63, 3.8) is 0 Å². The van der Waals surface area contributed by atoms with Gasteiger partial charge in [-0.25, -0.2) is 0 Å². The average Bonchev–Trinajstić information content (AvgIpc) is 2.35. The molecule has 1 unspecified atom stereocenters. The van der Waals surface area contributed by atoms with Crippen molar-refractivity contribution >= 4 is 11.8 Å². The van der Waals surface area contributed by atoms with E-state index >= 15 is 0 Å². The third-order valence-electron chi connectivity index (χ3n) is 2.91. The van der Waals surface area contributed by atoms with Crippen molar-refractivity contribution in [3.05, 3.63) is 0 Å². The number of carbonyl (C=O) groups is 2. The number of rotatable bonds is 6. The standard InChI is InChI=1S/C12H23N3O2/c1-2-4-11(16)15-9-12(17)14-8-10-5-3-6-13-7-10/h10,13H,2-9H2,1H3,(H,14,17)(H,15,16). The first-order valence-electron chi connectivity index (χ1n) is 6.46. The Balaban J connectivity index is 2.06. The van der Waals surface area contributed by atoms with Gasteiger partial charge in [-0.1, -0.05) is 6.92 Å². The lowest BCUT2D eigenvalue weighted by Gasteiger charge is -2.22. The van der Waals surface area contributed by atoms with E-state index in [4.69, 9.17) is 0 Å². The second-order valence-electron chi connectivity index (χ2n) is 4.54. The molecule has 5 heteroatoms. The van der Waals surface area contributed by atoms with Gasteiger partial charge in [0, 0.05) is 13.0 Å². The van der Waals surface area contributed by atoms with Gasteiger partial charge in [0.15, 0.2) is 0 Å². The number of nitrogens with one attached hydrogen (secondary N) is 3. The molecule has 3 N–H and O–H groups in total. The van der Waals surface area contributed by atoms with E-state index in [0.29, 0.717) is 18.9 Å². The highest BCUT2D eigenvalue weighted by atomic mass is 16.2. The molecule has 98 valence electrons.